The first kappa shape index (κ1) is 39.5. The van der Waals surface area contributed by atoms with Gasteiger partial charge in [-0.2, -0.15) is 4.31 Å². The lowest BCUT2D eigenvalue weighted by atomic mass is 9.92. The van der Waals surface area contributed by atoms with Crippen molar-refractivity contribution in [3.63, 3.8) is 0 Å². The van der Waals surface area contributed by atoms with Crippen molar-refractivity contribution in [1.82, 2.24) is 4.31 Å². The lowest BCUT2D eigenvalue weighted by Crippen LogP contribution is -2.68. The Labute approximate surface area is 317 Å². The third-order valence-electron chi connectivity index (χ3n) is 10.5. The Morgan fingerprint density at radius 2 is 1.26 bits per heavy atom. The normalized spacial score (nSPS) is 23.2. The number of nitrogens with zero attached hydrogens (tertiary/aromatic N) is 1. The van der Waals surface area contributed by atoms with Gasteiger partial charge in [0.2, 0.25) is 10.0 Å². The van der Waals surface area contributed by atoms with Gasteiger partial charge in [-0.05, 0) is 59.8 Å². The summed E-state index contributed by atoms with van der Waals surface area (Å²) in [4.78, 5) is 0.289. The first-order valence-electron chi connectivity index (χ1n) is 18.9. The van der Waals surface area contributed by atoms with Gasteiger partial charge in [0.15, 0.2) is 5.79 Å². The Hall–Kier alpha value is -3.19. The second-order valence-electron chi connectivity index (χ2n) is 15.7. The highest BCUT2D eigenvalue weighted by Gasteiger charge is 2.56. The minimum atomic E-state index is -3.69. The molecule has 0 radical (unpaired) electrons. The van der Waals surface area contributed by atoms with Gasteiger partial charge in [-0.1, -0.05) is 143 Å². The standard InChI is InChI=1S/C43H55NO7SSi/c1-42(2,3)53(35-25-15-8-16-26-35,36-27-17-9-18-28-36)48-32-38-40-41(51-43(4,5)50-40)39(45)37(49-38)29-19-10-20-30-44(31-33-21-11-6-12-22-33)52(46,47)34-23-13-7-14-24-34/h6-9,11-18,21-28,37-41,45H,10,19-20,29-32H2,1-5H3/t37-,38+,39-,40-,41+/m0/s1. The molecule has 284 valence electrons. The van der Waals surface area contributed by atoms with Crippen LogP contribution in [0.25, 0.3) is 0 Å². The van der Waals surface area contributed by atoms with E-state index in [2.05, 4.69) is 69.3 Å². The van der Waals surface area contributed by atoms with Gasteiger partial charge in [-0.25, -0.2) is 8.42 Å². The molecule has 4 aromatic carbocycles. The summed E-state index contributed by atoms with van der Waals surface area (Å²) in [6.45, 7) is 11.5. The second-order valence-corrected chi connectivity index (χ2v) is 22.0. The molecular weight excluding hydrogens is 703 g/mol. The fraction of sp³-hybridized carbons (Fsp3) is 0.442. The predicted octanol–water partition coefficient (Wildman–Crippen LogP) is 6.66. The van der Waals surface area contributed by atoms with E-state index in [1.165, 1.54) is 10.4 Å². The molecule has 4 aromatic rings. The van der Waals surface area contributed by atoms with E-state index < -0.39 is 54.6 Å². The van der Waals surface area contributed by atoms with Crippen LogP contribution in [0.15, 0.2) is 126 Å². The molecule has 6 rings (SSSR count). The molecule has 0 aromatic heterocycles. The molecule has 53 heavy (non-hydrogen) atoms. The smallest absolute Gasteiger partial charge is 0.261 e. The summed E-state index contributed by atoms with van der Waals surface area (Å²) in [7, 11) is -6.55. The van der Waals surface area contributed by atoms with Gasteiger partial charge in [0.25, 0.3) is 8.32 Å². The summed E-state index contributed by atoms with van der Waals surface area (Å²) in [6, 6.07) is 39.3. The fourth-order valence-corrected chi connectivity index (χ4v) is 14.0. The minimum absolute atomic E-state index is 0.211. The van der Waals surface area contributed by atoms with Gasteiger partial charge in [0, 0.05) is 13.1 Å². The molecule has 2 aliphatic heterocycles. The number of aliphatic hydroxyl groups is 1. The van der Waals surface area contributed by atoms with E-state index >= 15 is 0 Å². The molecule has 1 N–H and O–H groups in total. The molecule has 0 bridgehead atoms. The zero-order valence-electron chi connectivity index (χ0n) is 31.6. The van der Waals surface area contributed by atoms with Crippen molar-refractivity contribution in [2.45, 2.75) is 113 Å². The molecule has 10 heteroatoms. The maximum atomic E-state index is 13.7. The maximum Gasteiger partial charge on any atom is 0.261 e. The highest BCUT2D eigenvalue weighted by Crippen LogP contribution is 2.41. The van der Waals surface area contributed by atoms with E-state index in [4.69, 9.17) is 18.6 Å². The summed E-state index contributed by atoms with van der Waals surface area (Å²) in [5, 5.41) is 13.7. The number of rotatable bonds is 15. The quantitative estimate of drug-likeness (QED) is 0.107. The largest absolute Gasteiger partial charge is 0.405 e. The van der Waals surface area contributed by atoms with Crippen molar-refractivity contribution in [3.8, 4) is 0 Å². The molecule has 0 saturated carbocycles. The van der Waals surface area contributed by atoms with Crippen LogP contribution in [0.4, 0.5) is 0 Å². The molecule has 5 atom stereocenters. The van der Waals surface area contributed by atoms with Gasteiger partial charge >= 0.3 is 0 Å². The van der Waals surface area contributed by atoms with Crippen molar-refractivity contribution in [1.29, 1.82) is 0 Å². The summed E-state index contributed by atoms with van der Waals surface area (Å²) in [5.41, 5.74) is 0.938. The van der Waals surface area contributed by atoms with Crippen LogP contribution in [-0.2, 0) is 35.2 Å². The number of fused-ring (bicyclic) bond motifs is 1. The molecule has 2 aliphatic rings. The predicted molar refractivity (Wildman–Crippen MR) is 211 cm³/mol. The van der Waals surface area contributed by atoms with Crippen molar-refractivity contribution >= 4 is 28.7 Å². The Bertz CT molecular complexity index is 1800. The zero-order valence-corrected chi connectivity index (χ0v) is 33.5. The first-order chi connectivity index (χ1) is 25.3. The monoisotopic (exact) mass is 757 g/mol. The van der Waals surface area contributed by atoms with E-state index in [9.17, 15) is 13.5 Å². The van der Waals surface area contributed by atoms with Crippen LogP contribution in [0.5, 0.6) is 0 Å². The number of sulfonamides is 1. The van der Waals surface area contributed by atoms with Crippen molar-refractivity contribution in [2.24, 2.45) is 0 Å². The summed E-state index contributed by atoms with van der Waals surface area (Å²) in [6.07, 6.45) is -0.117. The van der Waals surface area contributed by atoms with Crippen molar-refractivity contribution in [3.05, 3.63) is 127 Å². The number of unbranched alkanes of at least 4 members (excludes halogenated alkanes) is 2. The van der Waals surface area contributed by atoms with Gasteiger partial charge in [0.05, 0.1) is 17.6 Å². The number of benzene rings is 4. The Morgan fingerprint density at radius 1 is 0.736 bits per heavy atom. The molecule has 8 nitrogen and oxygen atoms in total. The number of hydrogen-bond acceptors (Lipinski definition) is 7. The molecule has 0 unspecified atom stereocenters. The van der Waals surface area contributed by atoms with Gasteiger partial charge in [0.1, 0.15) is 24.4 Å². The first-order valence-corrected chi connectivity index (χ1v) is 22.2. The van der Waals surface area contributed by atoms with Crippen LogP contribution in [0.2, 0.25) is 5.04 Å². The van der Waals surface area contributed by atoms with Gasteiger partial charge in [-0.3, -0.25) is 0 Å². The average Bonchev–Trinajstić information content (AvgIpc) is 3.49. The SMILES string of the molecule is CC1(C)O[C@@H]2[C@@H](O)[C@H](CCCCCN(Cc3ccccc3)S(=O)(=O)c3ccccc3)O[C@H](CO[Si](c3ccccc3)(c3ccccc3)C(C)(C)C)[C@@H]2O1. The maximum absolute atomic E-state index is 13.7. The highest BCUT2D eigenvalue weighted by atomic mass is 32.2. The van der Waals surface area contributed by atoms with Gasteiger partial charge < -0.3 is 23.7 Å². The number of hydrogen-bond donors (Lipinski definition) is 1. The Morgan fingerprint density at radius 3 is 1.83 bits per heavy atom. The third kappa shape index (κ3) is 8.87. The van der Waals surface area contributed by atoms with Crippen molar-refractivity contribution in [2.75, 3.05) is 13.2 Å². The summed E-state index contributed by atoms with van der Waals surface area (Å²) < 4.78 is 55.7. The van der Waals surface area contributed by atoms with Crippen molar-refractivity contribution < 1.29 is 32.2 Å². The van der Waals surface area contributed by atoms with E-state index in [1.54, 1.807) is 28.6 Å². The topological polar surface area (TPSA) is 94.5 Å². The molecule has 0 spiro atoms. The molecular formula is C43H55NO7SSi. The van der Waals surface area contributed by atoms with Gasteiger partial charge in [-0.15, -0.1) is 0 Å². The van der Waals surface area contributed by atoms with Crippen LogP contribution in [0.1, 0.15) is 65.9 Å². The van der Waals surface area contributed by atoms with Crippen LogP contribution >= 0.6 is 0 Å². The molecule has 2 saturated heterocycles. The summed E-state index contributed by atoms with van der Waals surface area (Å²) >= 11 is 0. The number of aliphatic hydroxyl groups excluding tert-OH is 1. The van der Waals surface area contributed by atoms with Crippen LogP contribution in [0.3, 0.4) is 0 Å². The molecule has 0 aliphatic carbocycles. The molecule has 2 heterocycles. The molecule has 2 fully saturated rings. The van der Waals surface area contributed by atoms with Crippen LogP contribution in [-0.4, -0.2) is 75.6 Å². The zero-order chi connectivity index (χ0) is 37.7. The number of ether oxygens (including phenoxy) is 3. The van der Waals surface area contributed by atoms with E-state index in [1.807, 2.05) is 62.4 Å². The average molecular weight is 758 g/mol. The Balaban J connectivity index is 1.16. The fourth-order valence-electron chi connectivity index (χ4n) is 7.93. The molecule has 0 amide bonds. The van der Waals surface area contributed by atoms with Crippen LogP contribution in [0, 0.1) is 0 Å². The Kier molecular flexibility index (Phi) is 12.4. The van der Waals surface area contributed by atoms with Crippen LogP contribution < -0.4 is 10.4 Å². The minimum Gasteiger partial charge on any atom is -0.405 e. The van der Waals surface area contributed by atoms with E-state index in [-0.39, 0.29) is 16.5 Å². The van der Waals surface area contributed by atoms with E-state index in [0.717, 1.165) is 18.4 Å². The highest BCUT2D eigenvalue weighted by molar-refractivity contribution is 7.89. The lowest BCUT2D eigenvalue weighted by Gasteiger charge is -2.46. The summed E-state index contributed by atoms with van der Waals surface area (Å²) in [5.74, 6) is -0.878. The third-order valence-corrected chi connectivity index (χ3v) is 17.3. The van der Waals surface area contributed by atoms with E-state index in [0.29, 0.717) is 25.9 Å². The second kappa shape index (κ2) is 16.7. The lowest BCUT2D eigenvalue weighted by molar-refractivity contribution is -0.196.